The van der Waals surface area contributed by atoms with E-state index in [-0.39, 0.29) is 5.82 Å². The fourth-order valence-corrected chi connectivity index (χ4v) is 3.96. The van der Waals surface area contributed by atoms with Crippen molar-refractivity contribution in [2.24, 2.45) is 5.92 Å². The van der Waals surface area contributed by atoms with Crippen LogP contribution in [0.1, 0.15) is 48.3 Å². The van der Waals surface area contributed by atoms with Gasteiger partial charge in [0, 0.05) is 27.7 Å². The van der Waals surface area contributed by atoms with Gasteiger partial charge < -0.3 is 19.1 Å². The van der Waals surface area contributed by atoms with E-state index in [1.165, 1.54) is 20.1 Å². The number of ether oxygens (including phenoxy) is 2. The van der Waals surface area contributed by atoms with Crippen molar-refractivity contribution < 1.29 is 28.2 Å². The lowest BCUT2D eigenvalue weighted by Crippen LogP contribution is -2.50. The summed E-state index contributed by atoms with van der Waals surface area (Å²) in [6, 6.07) is 12.9. The summed E-state index contributed by atoms with van der Waals surface area (Å²) in [5.41, 5.74) is 2.17. The van der Waals surface area contributed by atoms with Gasteiger partial charge in [0.05, 0.1) is 6.26 Å². The summed E-state index contributed by atoms with van der Waals surface area (Å²) in [7, 11) is 0. The first-order valence-electron chi connectivity index (χ1n) is 10.0. The zero-order valence-electron chi connectivity index (χ0n) is 17.8. The molecule has 0 radical (unpaired) electrons. The number of hydrogen-bond donors (Lipinski definition) is 0. The van der Waals surface area contributed by atoms with Crippen molar-refractivity contribution in [1.82, 2.24) is 4.57 Å². The van der Waals surface area contributed by atoms with E-state index < -0.39 is 29.6 Å². The Bertz CT molecular complexity index is 1090. The number of imidazole rings is 1. The molecule has 3 heterocycles. The first-order chi connectivity index (χ1) is 14.7. The lowest BCUT2D eigenvalue weighted by Gasteiger charge is -2.34. The number of hydrogen-bond acceptors (Lipinski definition) is 6. The molecule has 0 aliphatic carbocycles. The van der Waals surface area contributed by atoms with Gasteiger partial charge in [-0.15, -0.1) is 0 Å². The third-order valence-corrected chi connectivity index (χ3v) is 5.56. The summed E-state index contributed by atoms with van der Waals surface area (Å²) in [5, 5.41) is 13.3. The van der Waals surface area contributed by atoms with Crippen molar-refractivity contribution >= 4 is 11.9 Å². The Hall–Kier alpha value is -3.55. The van der Waals surface area contributed by atoms with Crippen LogP contribution in [0.3, 0.4) is 0 Å². The summed E-state index contributed by atoms with van der Waals surface area (Å²) in [5.74, 6) is -4.76. The molecule has 0 bridgehead atoms. The maximum absolute atomic E-state index is 13.3. The molecule has 0 saturated carbocycles. The molecule has 4 rings (SSSR count). The fraction of sp³-hybridized carbons (Fsp3) is 0.348. The summed E-state index contributed by atoms with van der Waals surface area (Å²) >= 11 is 0. The normalized spacial score (nSPS) is 17.3. The monoisotopic (exact) mass is 424 g/mol. The molecule has 3 aromatic rings. The maximum atomic E-state index is 13.3. The summed E-state index contributed by atoms with van der Waals surface area (Å²) < 4.78 is 18.8. The van der Waals surface area contributed by atoms with Gasteiger partial charge in [-0.25, -0.2) is 9.30 Å². The minimum atomic E-state index is -1.37. The molecule has 31 heavy (non-hydrogen) atoms. The van der Waals surface area contributed by atoms with Gasteiger partial charge in [-0.2, -0.15) is 0 Å². The Kier molecular flexibility index (Phi) is 5.08. The molecule has 1 saturated heterocycles. The molecule has 0 N–H and O–H groups in total. The molecule has 8 nitrogen and oxygen atoms in total. The predicted molar refractivity (Wildman–Crippen MR) is 109 cm³/mol. The molecular formula is C23H24N2O6. The van der Waals surface area contributed by atoms with E-state index >= 15 is 0 Å². The van der Waals surface area contributed by atoms with E-state index in [0.29, 0.717) is 18.0 Å². The molecule has 2 aromatic heterocycles. The fourth-order valence-electron chi connectivity index (χ4n) is 3.96. The van der Waals surface area contributed by atoms with Crippen LogP contribution in [0.5, 0.6) is 0 Å². The summed E-state index contributed by atoms with van der Waals surface area (Å²) in [6.07, 6.45) is 1.44. The molecular weight excluding hydrogens is 400 g/mol. The maximum Gasteiger partial charge on any atom is 0.325 e. The van der Waals surface area contributed by atoms with Crippen molar-refractivity contribution in [2.45, 2.75) is 45.9 Å². The van der Waals surface area contributed by atoms with Crippen LogP contribution in [0.25, 0.3) is 0 Å². The van der Waals surface area contributed by atoms with Crippen LogP contribution >= 0.6 is 0 Å². The van der Waals surface area contributed by atoms with E-state index in [1.807, 2.05) is 41.8 Å². The number of cyclic esters (lactones) is 2. The predicted octanol–water partition coefficient (Wildman–Crippen LogP) is 2.96. The van der Waals surface area contributed by atoms with E-state index in [2.05, 4.69) is 0 Å². The van der Waals surface area contributed by atoms with Gasteiger partial charge in [-0.3, -0.25) is 9.59 Å². The molecule has 1 atom stereocenters. The summed E-state index contributed by atoms with van der Waals surface area (Å²) in [6.45, 7) is 6.89. The minimum absolute atomic E-state index is 0.215. The molecule has 1 aliphatic rings. The van der Waals surface area contributed by atoms with Crippen LogP contribution in [-0.2, 0) is 25.6 Å². The van der Waals surface area contributed by atoms with Crippen molar-refractivity contribution in [1.29, 1.82) is 0 Å². The van der Waals surface area contributed by atoms with Crippen molar-refractivity contribution in [3.05, 3.63) is 82.5 Å². The van der Waals surface area contributed by atoms with Crippen molar-refractivity contribution in [2.75, 3.05) is 0 Å². The average molecular weight is 424 g/mol. The quantitative estimate of drug-likeness (QED) is 0.270. The SMILES string of the molecule is Cc1c(C)[n+]([O-])c(C(c2ccco2)C2C(=O)OC(C)(C)OC2=O)n1Cc1ccccc1. The Labute approximate surface area is 179 Å². The number of aromatic nitrogens is 2. The molecule has 1 fully saturated rings. The van der Waals surface area contributed by atoms with E-state index in [0.717, 1.165) is 16.0 Å². The first kappa shape index (κ1) is 20.7. The largest absolute Gasteiger partial charge is 0.711 e. The van der Waals surface area contributed by atoms with Gasteiger partial charge in [0.25, 0.3) is 11.6 Å². The first-order valence-corrected chi connectivity index (χ1v) is 10.0. The van der Waals surface area contributed by atoms with Crippen LogP contribution in [0.15, 0.2) is 53.1 Å². The molecule has 1 aliphatic heterocycles. The number of furan rings is 1. The standard InChI is InChI=1S/C23H24N2O6/c1-14-15(2)25(28)20(24(14)13-16-9-6-5-7-10-16)18(17-11-8-12-29-17)19-21(26)30-23(3,4)31-22(19)27/h5-12,18-19H,13H2,1-4H3. The van der Waals surface area contributed by atoms with Crippen LogP contribution in [0.2, 0.25) is 0 Å². The number of nitrogens with zero attached hydrogens (tertiary/aromatic N) is 2. The van der Waals surface area contributed by atoms with Crippen LogP contribution < -0.4 is 4.73 Å². The van der Waals surface area contributed by atoms with Gasteiger partial charge in [-0.05, 0) is 17.7 Å². The average Bonchev–Trinajstić information content (AvgIpc) is 3.30. The summed E-state index contributed by atoms with van der Waals surface area (Å²) in [4.78, 5) is 25.8. The highest BCUT2D eigenvalue weighted by molar-refractivity contribution is 5.98. The van der Waals surface area contributed by atoms with Crippen LogP contribution in [0, 0.1) is 25.0 Å². The van der Waals surface area contributed by atoms with Gasteiger partial charge in [-0.1, -0.05) is 30.3 Å². The highest BCUT2D eigenvalue weighted by Gasteiger charge is 2.53. The Morgan fingerprint density at radius 2 is 1.71 bits per heavy atom. The third-order valence-electron chi connectivity index (χ3n) is 5.56. The number of esters is 2. The molecule has 0 amide bonds. The number of carbonyl (C=O) groups excluding carboxylic acids is 2. The van der Waals surface area contributed by atoms with Gasteiger partial charge in [0.15, 0.2) is 5.92 Å². The van der Waals surface area contributed by atoms with E-state index in [4.69, 9.17) is 13.9 Å². The highest BCUT2D eigenvalue weighted by Crippen LogP contribution is 2.38. The van der Waals surface area contributed by atoms with Gasteiger partial charge >= 0.3 is 11.9 Å². The lowest BCUT2D eigenvalue weighted by molar-refractivity contribution is -0.621. The van der Waals surface area contributed by atoms with Gasteiger partial charge in [0.1, 0.15) is 29.6 Å². The molecule has 1 aromatic carbocycles. The molecule has 162 valence electrons. The van der Waals surface area contributed by atoms with E-state index in [1.54, 1.807) is 19.1 Å². The smallest absolute Gasteiger partial charge is 0.325 e. The number of benzene rings is 1. The van der Waals surface area contributed by atoms with Crippen molar-refractivity contribution in [3.8, 4) is 0 Å². The highest BCUT2D eigenvalue weighted by atomic mass is 16.7. The second-order valence-corrected chi connectivity index (χ2v) is 8.11. The van der Waals surface area contributed by atoms with Crippen LogP contribution in [-0.4, -0.2) is 22.3 Å². The second kappa shape index (κ2) is 7.61. The zero-order valence-corrected chi connectivity index (χ0v) is 17.8. The van der Waals surface area contributed by atoms with Crippen LogP contribution in [0.4, 0.5) is 0 Å². The van der Waals surface area contributed by atoms with Gasteiger partial charge in [0.2, 0.25) is 0 Å². The third kappa shape index (κ3) is 3.69. The Morgan fingerprint density at radius 1 is 1.06 bits per heavy atom. The zero-order chi connectivity index (χ0) is 22.3. The van der Waals surface area contributed by atoms with E-state index in [9.17, 15) is 14.8 Å². The topological polar surface area (TPSA) is 97.6 Å². The number of carbonyl (C=O) groups is 2. The Morgan fingerprint density at radius 3 is 2.29 bits per heavy atom. The molecule has 1 unspecified atom stereocenters. The molecule has 0 spiro atoms. The second-order valence-electron chi connectivity index (χ2n) is 8.11. The molecule has 8 heteroatoms. The van der Waals surface area contributed by atoms with Crippen molar-refractivity contribution in [3.63, 3.8) is 0 Å². The Balaban J connectivity index is 1.88. The number of rotatable bonds is 5. The minimum Gasteiger partial charge on any atom is -0.711 e. The lowest BCUT2D eigenvalue weighted by atomic mass is 9.88.